The summed E-state index contributed by atoms with van der Waals surface area (Å²) in [6.45, 7) is 3.64. The van der Waals surface area contributed by atoms with Crippen LogP contribution in [-0.4, -0.2) is 29.9 Å². The number of benzene rings is 2. The molecule has 1 atom stereocenters. The van der Waals surface area contributed by atoms with Crippen LogP contribution >= 0.6 is 11.8 Å². The second kappa shape index (κ2) is 11.2. The van der Waals surface area contributed by atoms with Crippen LogP contribution in [0.5, 0.6) is 0 Å². The van der Waals surface area contributed by atoms with E-state index in [1.807, 2.05) is 0 Å². The van der Waals surface area contributed by atoms with E-state index in [2.05, 4.69) is 54.7 Å². The van der Waals surface area contributed by atoms with Gasteiger partial charge in [-0.3, -0.25) is 9.36 Å². The van der Waals surface area contributed by atoms with Gasteiger partial charge in [-0.25, -0.2) is 4.79 Å². The van der Waals surface area contributed by atoms with Crippen molar-refractivity contribution < 1.29 is 9.53 Å². The highest BCUT2D eigenvalue weighted by Gasteiger charge is 2.39. The van der Waals surface area contributed by atoms with Crippen molar-refractivity contribution in [2.45, 2.75) is 75.4 Å². The van der Waals surface area contributed by atoms with Gasteiger partial charge in [-0.2, -0.15) is 0 Å². The molecule has 190 valence electrons. The van der Waals surface area contributed by atoms with Crippen LogP contribution in [0, 0.1) is 0 Å². The van der Waals surface area contributed by atoms with Gasteiger partial charge in [0, 0.05) is 17.9 Å². The predicted molar refractivity (Wildman–Crippen MR) is 147 cm³/mol. The molecule has 0 radical (unpaired) electrons. The second-order valence-corrected chi connectivity index (χ2v) is 11.0. The molecule has 1 aliphatic heterocycles. The Morgan fingerprint density at radius 2 is 1.89 bits per heavy atom. The van der Waals surface area contributed by atoms with Crippen molar-refractivity contribution in [2.24, 2.45) is 0 Å². The number of hydrogen-bond acceptors (Lipinski definition) is 5. The number of esters is 1. The third kappa shape index (κ3) is 4.98. The molecule has 0 bridgehead atoms. The fourth-order valence-electron chi connectivity index (χ4n) is 5.46. The average Bonchev–Trinajstić information content (AvgIpc) is 3.64. The van der Waals surface area contributed by atoms with E-state index in [-0.39, 0.29) is 11.5 Å². The number of nitrogens with one attached hydrogen (secondary N) is 1. The Kier molecular flexibility index (Phi) is 7.82. The van der Waals surface area contributed by atoms with E-state index in [4.69, 9.17) is 4.74 Å². The van der Waals surface area contributed by atoms with Gasteiger partial charge in [0.05, 0.1) is 12.1 Å². The Labute approximate surface area is 217 Å². The zero-order chi connectivity index (χ0) is 25.1. The lowest BCUT2D eigenvalue weighted by Gasteiger charge is -2.22. The quantitative estimate of drug-likeness (QED) is 0.258. The van der Waals surface area contributed by atoms with Crippen molar-refractivity contribution in [1.82, 2.24) is 9.88 Å². The Balaban J connectivity index is 1.59. The summed E-state index contributed by atoms with van der Waals surface area (Å²) < 4.78 is 6.84. The number of aromatic nitrogens is 1. The Hall–Kier alpha value is -2.57. The van der Waals surface area contributed by atoms with Crippen LogP contribution in [0.1, 0.15) is 79.7 Å². The van der Waals surface area contributed by atoms with E-state index < -0.39 is 6.04 Å². The number of unbranched alkanes of at least 4 members (excludes halogenated alkanes) is 3. The minimum Gasteiger partial charge on any atom is -0.467 e. The molecule has 1 aliphatic carbocycles. The zero-order valence-electron chi connectivity index (χ0n) is 21.3. The molecule has 3 aromatic rings. The van der Waals surface area contributed by atoms with Gasteiger partial charge in [0.25, 0.3) is 5.56 Å². The van der Waals surface area contributed by atoms with Crippen LogP contribution in [0.15, 0.2) is 52.3 Å². The largest absolute Gasteiger partial charge is 0.467 e. The van der Waals surface area contributed by atoms with E-state index in [1.54, 1.807) is 16.3 Å². The molecular formula is C30H36N2O3S. The Morgan fingerprint density at radius 3 is 2.67 bits per heavy atom. The standard InChI is InChI=1S/C30H36N2O3S/c1-3-4-5-8-16-31-18-25-24(17-22-12-9-11-20-10-6-7-13-23(20)22)27(21-14-15-21)29-32(28(25)33)26(19-36-29)30(34)35-2/h6-7,9-13,21,26,31H,3-5,8,14-19H2,1-2H3/t26-/m0/s1. The van der Waals surface area contributed by atoms with Crippen LogP contribution in [-0.2, 0) is 22.5 Å². The highest BCUT2D eigenvalue weighted by atomic mass is 32.2. The van der Waals surface area contributed by atoms with Gasteiger partial charge in [0.1, 0.15) is 6.04 Å². The van der Waals surface area contributed by atoms with Gasteiger partial charge < -0.3 is 10.1 Å². The van der Waals surface area contributed by atoms with Gasteiger partial charge in [-0.15, -0.1) is 11.8 Å². The van der Waals surface area contributed by atoms with E-state index in [1.165, 1.54) is 53.8 Å². The lowest BCUT2D eigenvalue weighted by Crippen LogP contribution is -2.35. The molecule has 0 amide bonds. The molecule has 1 fully saturated rings. The fourth-order valence-corrected chi connectivity index (χ4v) is 6.86. The molecule has 5 nitrogen and oxygen atoms in total. The lowest BCUT2D eigenvalue weighted by atomic mass is 9.91. The highest BCUT2D eigenvalue weighted by molar-refractivity contribution is 7.99. The number of carbonyl (C=O) groups is 1. The fraction of sp³-hybridized carbons (Fsp3) is 0.467. The number of ether oxygens (including phenoxy) is 1. The third-order valence-electron chi connectivity index (χ3n) is 7.52. The number of pyridine rings is 1. The van der Waals surface area contributed by atoms with Gasteiger partial charge in [-0.05, 0) is 65.6 Å². The number of fused-ring (bicyclic) bond motifs is 2. The van der Waals surface area contributed by atoms with Gasteiger partial charge in [0.2, 0.25) is 0 Å². The van der Waals surface area contributed by atoms with Crippen molar-refractivity contribution in [2.75, 3.05) is 19.4 Å². The maximum atomic E-state index is 14.0. The first-order chi connectivity index (χ1) is 17.6. The summed E-state index contributed by atoms with van der Waals surface area (Å²) in [7, 11) is 1.41. The number of hydrogen-bond donors (Lipinski definition) is 1. The molecule has 2 aromatic carbocycles. The first-order valence-corrected chi connectivity index (χ1v) is 14.3. The van der Waals surface area contributed by atoms with Crippen molar-refractivity contribution in [3.8, 4) is 0 Å². The minimum atomic E-state index is -0.546. The van der Waals surface area contributed by atoms with Crippen LogP contribution in [0.2, 0.25) is 0 Å². The molecule has 0 unspecified atom stereocenters. The van der Waals surface area contributed by atoms with E-state index in [0.717, 1.165) is 42.8 Å². The minimum absolute atomic E-state index is 0.0360. The molecule has 0 spiro atoms. The molecule has 0 saturated heterocycles. The van der Waals surface area contributed by atoms with Crippen LogP contribution < -0.4 is 10.9 Å². The maximum absolute atomic E-state index is 14.0. The molecule has 36 heavy (non-hydrogen) atoms. The lowest BCUT2D eigenvalue weighted by molar-refractivity contribution is -0.143. The predicted octanol–water partition coefficient (Wildman–Crippen LogP) is 5.96. The smallest absolute Gasteiger partial charge is 0.329 e. The summed E-state index contributed by atoms with van der Waals surface area (Å²) in [5, 5.41) is 7.01. The summed E-state index contributed by atoms with van der Waals surface area (Å²) in [5.74, 6) is 0.692. The molecule has 1 saturated carbocycles. The first kappa shape index (κ1) is 25.1. The molecule has 2 heterocycles. The van der Waals surface area contributed by atoms with Gasteiger partial charge >= 0.3 is 5.97 Å². The normalized spacial score (nSPS) is 16.9. The van der Waals surface area contributed by atoms with Crippen molar-refractivity contribution in [3.05, 3.63) is 75.1 Å². The summed E-state index contributed by atoms with van der Waals surface area (Å²) in [6.07, 6.45) is 7.76. The maximum Gasteiger partial charge on any atom is 0.329 e. The first-order valence-electron chi connectivity index (χ1n) is 13.3. The zero-order valence-corrected chi connectivity index (χ0v) is 22.2. The van der Waals surface area contributed by atoms with Crippen LogP contribution in [0.4, 0.5) is 0 Å². The summed E-state index contributed by atoms with van der Waals surface area (Å²) in [5.41, 5.74) is 4.49. The second-order valence-electron chi connectivity index (χ2n) is 10.0. The molecule has 6 heteroatoms. The number of methoxy groups -OCH3 is 1. The Bertz CT molecular complexity index is 1310. The summed E-state index contributed by atoms with van der Waals surface area (Å²) in [6, 6.07) is 14.4. The van der Waals surface area contributed by atoms with Crippen molar-refractivity contribution in [1.29, 1.82) is 0 Å². The summed E-state index contributed by atoms with van der Waals surface area (Å²) >= 11 is 1.65. The monoisotopic (exact) mass is 504 g/mol. The average molecular weight is 505 g/mol. The van der Waals surface area contributed by atoms with E-state index >= 15 is 0 Å². The molecule has 2 aliphatic rings. The number of carbonyl (C=O) groups excluding carboxylic acids is 1. The molecule has 5 rings (SSSR count). The molecular weight excluding hydrogens is 468 g/mol. The van der Waals surface area contributed by atoms with Gasteiger partial charge in [0.15, 0.2) is 0 Å². The SMILES string of the molecule is CCCCCCNCc1c(Cc2cccc3ccccc23)c(C2CC2)c2n(c1=O)[C@H](C(=O)OC)CS2. The molecule has 1 N–H and O–H groups in total. The summed E-state index contributed by atoms with van der Waals surface area (Å²) in [4.78, 5) is 26.6. The Morgan fingerprint density at radius 1 is 1.08 bits per heavy atom. The van der Waals surface area contributed by atoms with Crippen molar-refractivity contribution >= 4 is 28.5 Å². The topological polar surface area (TPSA) is 60.3 Å². The van der Waals surface area contributed by atoms with E-state index in [0.29, 0.717) is 18.2 Å². The number of nitrogens with zero attached hydrogens (tertiary/aromatic N) is 1. The van der Waals surface area contributed by atoms with Gasteiger partial charge in [-0.1, -0.05) is 68.7 Å². The molecule has 1 aromatic heterocycles. The van der Waals surface area contributed by atoms with Crippen molar-refractivity contribution in [3.63, 3.8) is 0 Å². The van der Waals surface area contributed by atoms with Crippen LogP contribution in [0.25, 0.3) is 10.8 Å². The van der Waals surface area contributed by atoms with Crippen LogP contribution in [0.3, 0.4) is 0 Å². The van der Waals surface area contributed by atoms with E-state index in [9.17, 15) is 9.59 Å². The number of rotatable bonds is 11. The third-order valence-corrected chi connectivity index (χ3v) is 8.69. The number of thioether (sulfide) groups is 1. The highest BCUT2D eigenvalue weighted by Crippen LogP contribution is 2.49.